The van der Waals surface area contributed by atoms with E-state index in [4.69, 9.17) is 11.6 Å². The molecule has 10 heteroatoms. The topological polar surface area (TPSA) is 86.9 Å². The number of aromatic nitrogens is 2. The van der Waals surface area contributed by atoms with Crippen molar-refractivity contribution in [3.8, 4) is 0 Å². The van der Waals surface area contributed by atoms with E-state index in [1.54, 1.807) is 18.3 Å². The Bertz CT molecular complexity index is 1060. The number of carbonyl (C=O) groups is 1. The van der Waals surface area contributed by atoms with Crippen molar-refractivity contribution in [2.24, 2.45) is 0 Å². The highest BCUT2D eigenvalue weighted by atomic mass is 35.5. The SMILES string of the molecule is CCC[SH](=O)(P)Nc1ccc(F)c(C(=O)Nc2cnc3[nH]ccc3c2)c1Cl. The third kappa shape index (κ3) is 4.46. The van der Waals surface area contributed by atoms with Gasteiger partial charge in [0.05, 0.1) is 28.2 Å². The second-order valence-electron chi connectivity index (χ2n) is 6.01. The molecule has 1 atom stereocenters. The van der Waals surface area contributed by atoms with Crippen LogP contribution in [0.25, 0.3) is 11.0 Å². The normalized spacial score (nSPS) is 12.1. The number of H-pyrrole nitrogens is 1. The Hall–Kier alpha value is -2.02. The molecule has 0 spiro atoms. The monoisotopic (exact) mass is 428 g/mol. The van der Waals surface area contributed by atoms with Gasteiger partial charge in [-0.3, -0.25) is 9.00 Å². The Morgan fingerprint density at radius 3 is 2.93 bits per heavy atom. The lowest BCUT2D eigenvalue weighted by atomic mass is 10.1. The minimum atomic E-state index is -2.78. The van der Waals surface area contributed by atoms with Crippen LogP contribution in [0, 0.1) is 5.82 Å². The van der Waals surface area contributed by atoms with Crippen molar-refractivity contribution in [2.45, 2.75) is 13.3 Å². The maximum Gasteiger partial charge on any atom is 0.260 e. The molecule has 0 bridgehead atoms. The Kier molecular flexibility index (Phi) is 5.79. The van der Waals surface area contributed by atoms with E-state index in [1.165, 1.54) is 12.3 Å². The molecule has 1 unspecified atom stereocenters. The van der Waals surface area contributed by atoms with E-state index >= 15 is 0 Å². The van der Waals surface area contributed by atoms with Gasteiger partial charge in [-0.1, -0.05) is 18.5 Å². The minimum absolute atomic E-state index is 0.123. The molecular formula is C17H19ClFN4O2PS. The highest BCUT2D eigenvalue weighted by molar-refractivity contribution is 8.46. The van der Waals surface area contributed by atoms with Crippen molar-refractivity contribution in [3.63, 3.8) is 0 Å². The quantitative estimate of drug-likeness (QED) is 0.351. The number of rotatable bonds is 6. The molecule has 3 aromatic rings. The first-order valence-corrected chi connectivity index (χ1v) is 12.1. The zero-order chi connectivity index (χ0) is 19.6. The minimum Gasteiger partial charge on any atom is -0.346 e. The molecule has 2 aromatic heterocycles. The number of thiol groups is 1. The molecule has 1 aromatic carbocycles. The predicted octanol–water partition coefficient (Wildman–Crippen LogP) is 4.15. The Morgan fingerprint density at radius 2 is 2.19 bits per heavy atom. The zero-order valence-electron chi connectivity index (χ0n) is 14.4. The number of hydrogen-bond donors (Lipinski definition) is 4. The van der Waals surface area contributed by atoms with Crippen LogP contribution in [-0.2, 0) is 9.74 Å². The van der Waals surface area contributed by atoms with Crippen LogP contribution in [0.4, 0.5) is 15.8 Å². The van der Waals surface area contributed by atoms with Gasteiger partial charge in [0.25, 0.3) is 5.91 Å². The summed E-state index contributed by atoms with van der Waals surface area (Å²) in [4.78, 5) is 19.7. The highest BCUT2D eigenvalue weighted by Crippen LogP contribution is 2.32. The average molecular weight is 429 g/mol. The van der Waals surface area contributed by atoms with Gasteiger partial charge in [-0.15, -0.1) is 0 Å². The van der Waals surface area contributed by atoms with Crippen molar-refractivity contribution >= 4 is 58.1 Å². The van der Waals surface area contributed by atoms with Gasteiger partial charge < -0.3 is 15.0 Å². The van der Waals surface area contributed by atoms with Crippen molar-refractivity contribution in [1.82, 2.24) is 9.97 Å². The number of anilines is 2. The number of nitrogens with zero attached hydrogens (tertiary/aromatic N) is 1. The average Bonchev–Trinajstić information content (AvgIpc) is 3.05. The van der Waals surface area contributed by atoms with Crippen LogP contribution in [0.5, 0.6) is 0 Å². The summed E-state index contributed by atoms with van der Waals surface area (Å²) in [5, 5.41) is 3.28. The summed E-state index contributed by atoms with van der Waals surface area (Å²) in [6, 6.07) is 6.00. The second kappa shape index (κ2) is 7.92. The van der Waals surface area contributed by atoms with Crippen LogP contribution >= 0.6 is 20.0 Å². The number of aromatic amines is 1. The number of nitrogens with one attached hydrogen (secondary N) is 3. The Balaban J connectivity index is 1.89. The molecule has 3 rings (SSSR count). The summed E-state index contributed by atoms with van der Waals surface area (Å²) in [5.74, 6) is -1.06. The summed E-state index contributed by atoms with van der Waals surface area (Å²) in [6.07, 6.45) is 3.89. The molecule has 0 aliphatic rings. The molecule has 3 N–H and O–H groups in total. The van der Waals surface area contributed by atoms with Gasteiger partial charge in [-0.25, -0.2) is 9.37 Å². The van der Waals surface area contributed by atoms with E-state index in [1.807, 2.05) is 6.92 Å². The molecule has 1 amide bonds. The van der Waals surface area contributed by atoms with E-state index < -0.39 is 21.5 Å². The maximum atomic E-state index is 14.3. The molecule has 0 aliphatic carbocycles. The zero-order valence-corrected chi connectivity index (χ0v) is 17.2. The van der Waals surface area contributed by atoms with Crippen molar-refractivity contribution in [1.29, 1.82) is 0 Å². The molecule has 144 valence electrons. The van der Waals surface area contributed by atoms with E-state index in [9.17, 15) is 13.4 Å². The van der Waals surface area contributed by atoms with Crippen molar-refractivity contribution < 1.29 is 13.4 Å². The lowest BCUT2D eigenvalue weighted by Crippen LogP contribution is -2.20. The van der Waals surface area contributed by atoms with Gasteiger partial charge in [0, 0.05) is 17.3 Å². The molecule has 6 nitrogen and oxygen atoms in total. The van der Waals surface area contributed by atoms with Gasteiger partial charge in [0.1, 0.15) is 11.5 Å². The molecular weight excluding hydrogens is 410 g/mol. The first-order valence-electron chi connectivity index (χ1n) is 8.19. The lowest BCUT2D eigenvalue weighted by molar-refractivity contribution is 0.102. The summed E-state index contributed by atoms with van der Waals surface area (Å²) in [6.45, 7) is 1.90. The molecule has 27 heavy (non-hydrogen) atoms. The molecule has 0 aliphatic heterocycles. The van der Waals surface area contributed by atoms with Gasteiger partial charge >= 0.3 is 0 Å². The fourth-order valence-electron chi connectivity index (χ4n) is 2.64. The molecule has 0 fully saturated rings. The van der Waals surface area contributed by atoms with E-state index in [0.29, 0.717) is 23.5 Å². The van der Waals surface area contributed by atoms with Crippen molar-refractivity contribution in [3.05, 3.63) is 53.1 Å². The van der Waals surface area contributed by atoms with Gasteiger partial charge in [-0.05, 0) is 48.9 Å². The van der Waals surface area contributed by atoms with Crippen LogP contribution in [0.2, 0.25) is 5.02 Å². The fourth-order valence-corrected chi connectivity index (χ4v) is 5.56. The van der Waals surface area contributed by atoms with Gasteiger partial charge in [-0.2, -0.15) is 0 Å². The number of halogens is 2. The summed E-state index contributed by atoms with van der Waals surface area (Å²) < 4.78 is 29.6. The Labute approximate surface area is 163 Å². The van der Waals surface area contributed by atoms with E-state index in [-0.39, 0.29) is 16.3 Å². The molecule has 0 saturated carbocycles. The lowest BCUT2D eigenvalue weighted by Gasteiger charge is -2.22. The first kappa shape index (κ1) is 19.7. The van der Waals surface area contributed by atoms with Crippen LogP contribution in [-0.4, -0.2) is 25.8 Å². The number of amides is 1. The number of fused-ring (bicyclic) bond motifs is 1. The summed E-state index contributed by atoms with van der Waals surface area (Å²) in [7, 11) is -0.497. The summed E-state index contributed by atoms with van der Waals surface area (Å²) in [5.41, 5.74) is 1.01. The first-order chi connectivity index (χ1) is 12.8. The third-order valence-corrected chi connectivity index (χ3v) is 7.13. The fraction of sp³-hybridized carbons (Fsp3) is 0.176. The van der Waals surface area contributed by atoms with E-state index in [2.05, 4.69) is 28.4 Å². The predicted molar refractivity (Wildman–Crippen MR) is 113 cm³/mol. The second-order valence-corrected chi connectivity index (χ2v) is 11.2. The summed E-state index contributed by atoms with van der Waals surface area (Å²) >= 11 is 6.24. The molecule has 0 saturated heterocycles. The standard InChI is InChI=1S/C17H19ClFN4O2PS/c1-2-7-27(25,26)23-13-4-3-12(19)14(15(13)18)17(24)22-11-8-10-5-6-20-16(10)21-9-11/h3-6,8-9,27H,2,7,26H2,1H3,(H,20,21)(H,22,24)(H,23,25). The third-order valence-electron chi connectivity index (χ3n) is 3.84. The molecule has 0 radical (unpaired) electrons. The highest BCUT2D eigenvalue weighted by Gasteiger charge is 2.21. The number of benzene rings is 1. The van der Waals surface area contributed by atoms with Crippen LogP contribution < -0.4 is 10.0 Å². The van der Waals surface area contributed by atoms with Crippen LogP contribution in [0.15, 0.2) is 36.7 Å². The smallest absolute Gasteiger partial charge is 0.260 e. The van der Waals surface area contributed by atoms with Crippen LogP contribution in [0.3, 0.4) is 0 Å². The molecule has 2 heterocycles. The number of hydrogen-bond acceptors (Lipinski definition) is 3. The Morgan fingerprint density at radius 1 is 1.41 bits per heavy atom. The van der Waals surface area contributed by atoms with Gasteiger partial charge in [0.2, 0.25) is 0 Å². The van der Waals surface area contributed by atoms with Crippen molar-refractivity contribution in [2.75, 3.05) is 15.8 Å². The number of carbonyl (C=O) groups excluding carboxylic acids is 1. The van der Waals surface area contributed by atoms with Crippen LogP contribution in [0.1, 0.15) is 23.7 Å². The van der Waals surface area contributed by atoms with Gasteiger partial charge in [0.15, 0.2) is 0 Å². The maximum absolute atomic E-state index is 14.3. The number of pyridine rings is 1. The van der Waals surface area contributed by atoms with E-state index in [0.717, 1.165) is 11.5 Å². The largest absolute Gasteiger partial charge is 0.346 e.